The van der Waals surface area contributed by atoms with E-state index in [0.717, 1.165) is 18.5 Å². The van der Waals surface area contributed by atoms with Gasteiger partial charge in [-0.3, -0.25) is 10.1 Å². The van der Waals surface area contributed by atoms with Gasteiger partial charge in [0.25, 0.3) is 5.69 Å². The second kappa shape index (κ2) is 6.10. The zero-order chi connectivity index (χ0) is 13.8. The molecule has 1 saturated carbocycles. The molecule has 19 heavy (non-hydrogen) atoms. The van der Waals surface area contributed by atoms with Crippen molar-refractivity contribution in [1.82, 2.24) is 5.32 Å². The first-order valence-electron chi connectivity index (χ1n) is 6.71. The number of hydrogen-bond donors (Lipinski definition) is 1. The molecule has 2 rings (SSSR count). The molecule has 0 amide bonds. The van der Waals surface area contributed by atoms with Crippen molar-refractivity contribution >= 4 is 5.69 Å². The van der Waals surface area contributed by atoms with Crippen molar-refractivity contribution in [2.75, 3.05) is 6.54 Å². The lowest BCUT2D eigenvalue weighted by atomic mass is 9.98. The Hall–Kier alpha value is -1.49. The molecule has 2 atom stereocenters. The van der Waals surface area contributed by atoms with Crippen molar-refractivity contribution in [3.8, 4) is 0 Å². The Morgan fingerprint density at radius 2 is 2.21 bits per heavy atom. The molecular formula is C14H19FN2O2. The molecule has 0 radical (unpaired) electrons. The topological polar surface area (TPSA) is 55.2 Å². The van der Waals surface area contributed by atoms with Gasteiger partial charge in [0.2, 0.25) is 0 Å². The van der Waals surface area contributed by atoms with Crippen LogP contribution in [0.3, 0.4) is 0 Å². The zero-order valence-electron chi connectivity index (χ0n) is 11.1. The SMILES string of the molecule is CC1CCCC1CNCc1cc(F)cc([N+](=O)[O-])c1. The van der Waals surface area contributed by atoms with Crippen LogP contribution in [0.2, 0.25) is 0 Å². The van der Waals surface area contributed by atoms with Crippen LogP contribution in [-0.4, -0.2) is 11.5 Å². The lowest BCUT2D eigenvalue weighted by Gasteiger charge is -2.15. The van der Waals surface area contributed by atoms with Crippen LogP contribution in [0.15, 0.2) is 18.2 Å². The Bertz CT molecular complexity index is 465. The molecule has 1 N–H and O–H groups in total. The molecular weight excluding hydrogens is 247 g/mol. The molecule has 0 aliphatic heterocycles. The monoisotopic (exact) mass is 266 g/mol. The average Bonchev–Trinajstić information content (AvgIpc) is 2.74. The number of nitrogens with zero attached hydrogens (tertiary/aromatic N) is 1. The van der Waals surface area contributed by atoms with E-state index in [1.54, 1.807) is 0 Å². The minimum atomic E-state index is -0.564. The van der Waals surface area contributed by atoms with Crippen molar-refractivity contribution in [2.24, 2.45) is 11.8 Å². The van der Waals surface area contributed by atoms with E-state index in [1.165, 1.54) is 31.4 Å². The number of nitro benzene ring substituents is 1. The van der Waals surface area contributed by atoms with Gasteiger partial charge in [0.15, 0.2) is 0 Å². The lowest BCUT2D eigenvalue weighted by molar-refractivity contribution is -0.385. The van der Waals surface area contributed by atoms with Crippen molar-refractivity contribution < 1.29 is 9.31 Å². The molecule has 0 spiro atoms. The summed E-state index contributed by atoms with van der Waals surface area (Å²) in [5, 5.41) is 13.9. The van der Waals surface area contributed by atoms with Gasteiger partial charge in [-0.05, 0) is 36.4 Å². The fourth-order valence-electron chi connectivity index (χ4n) is 2.77. The van der Waals surface area contributed by atoms with E-state index in [0.29, 0.717) is 18.0 Å². The van der Waals surface area contributed by atoms with Crippen molar-refractivity contribution in [2.45, 2.75) is 32.7 Å². The summed E-state index contributed by atoms with van der Waals surface area (Å²) in [6.45, 7) is 3.62. The minimum Gasteiger partial charge on any atom is -0.312 e. The van der Waals surface area contributed by atoms with Gasteiger partial charge in [0.1, 0.15) is 5.82 Å². The van der Waals surface area contributed by atoms with Crippen molar-refractivity contribution in [3.63, 3.8) is 0 Å². The number of nitro groups is 1. The summed E-state index contributed by atoms with van der Waals surface area (Å²) in [5.41, 5.74) is 0.434. The second-order valence-corrected chi connectivity index (χ2v) is 5.37. The highest BCUT2D eigenvalue weighted by atomic mass is 19.1. The van der Waals surface area contributed by atoms with Gasteiger partial charge in [-0.2, -0.15) is 0 Å². The number of rotatable bonds is 5. The minimum absolute atomic E-state index is 0.189. The smallest absolute Gasteiger partial charge is 0.272 e. The predicted octanol–water partition coefficient (Wildman–Crippen LogP) is 3.26. The second-order valence-electron chi connectivity index (χ2n) is 5.37. The molecule has 1 aromatic carbocycles. The van der Waals surface area contributed by atoms with Crippen LogP contribution in [0.5, 0.6) is 0 Å². The fraction of sp³-hybridized carbons (Fsp3) is 0.571. The summed E-state index contributed by atoms with van der Waals surface area (Å²) >= 11 is 0. The summed E-state index contributed by atoms with van der Waals surface area (Å²) in [6, 6.07) is 3.72. The summed E-state index contributed by atoms with van der Waals surface area (Å²) in [7, 11) is 0. The first kappa shape index (κ1) is 13.9. The van der Waals surface area contributed by atoms with Gasteiger partial charge < -0.3 is 5.32 Å². The maximum atomic E-state index is 13.2. The summed E-state index contributed by atoms with van der Waals surface area (Å²) in [4.78, 5) is 10.1. The van der Waals surface area contributed by atoms with Crippen molar-refractivity contribution in [3.05, 3.63) is 39.7 Å². The molecule has 4 nitrogen and oxygen atoms in total. The highest BCUT2D eigenvalue weighted by molar-refractivity contribution is 5.35. The van der Waals surface area contributed by atoms with Crippen LogP contribution in [0, 0.1) is 27.8 Å². The molecule has 1 fully saturated rings. The molecule has 0 saturated heterocycles. The third-order valence-corrected chi connectivity index (χ3v) is 3.93. The number of halogens is 1. The van der Waals surface area contributed by atoms with Crippen LogP contribution in [0.25, 0.3) is 0 Å². The molecule has 1 aliphatic carbocycles. The standard InChI is InChI=1S/C14H19FN2O2/c1-10-3-2-4-12(10)9-16-8-11-5-13(15)7-14(6-11)17(18)19/h5-7,10,12,16H,2-4,8-9H2,1H3. The van der Waals surface area contributed by atoms with Gasteiger partial charge in [0, 0.05) is 12.6 Å². The van der Waals surface area contributed by atoms with E-state index in [9.17, 15) is 14.5 Å². The Kier molecular flexibility index (Phi) is 4.47. The molecule has 0 heterocycles. The Labute approximate surface area is 112 Å². The van der Waals surface area contributed by atoms with E-state index < -0.39 is 10.7 Å². The van der Waals surface area contributed by atoms with Crippen LogP contribution in [0.1, 0.15) is 31.7 Å². The number of nitrogens with one attached hydrogen (secondary N) is 1. The maximum Gasteiger partial charge on any atom is 0.272 e. The predicted molar refractivity (Wildman–Crippen MR) is 71.3 cm³/mol. The molecule has 1 aliphatic rings. The van der Waals surface area contributed by atoms with Gasteiger partial charge in [-0.25, -0.2) is 4.39 Å². The van der Waals surface area contributed by atoms with E-state index >= 15 is 0 Å². The van der Waals surface area contributed by atoms with Crippen LogP contribution in [-0.2, 0) is 6.54 Å². The van der Waals surface area contributed by atoms with E-state index in [2.05, 4.69) is 12.2 Å². The zero-order valence-corrected chi connectivity index (χ0v) is 11.1. The third kappa shape index (κ3) is 3.73. The normalized spacial score (nSPS) is 22.6. The Balaban J connectivity index is 1.90. The van der Waals surface area contributed by atoms with Crippen LogP contribution in [0.4, 0.5) is 10.1 Å². The average molecular weight is 266 g/mol. The fourth-order valence-corrected chi connectivity index (χ4v) is 2.77. The molecule has 0 aromatic heterocycles. The highest BCUT2D eigenvalue weighted by Gasteiger charge is 2.22. The van der Waals surface area contributed by atoms with Gasteiger partial charge in [0.05, 0.1) is 11.0 Å². The Morgan fingerprint density at radius 1 is 1.42 bits per heavy atom. The van der Waals surface area contributed by atoms with E-state index in [1.807, 2.05) is 0 Å². The number of benzene rings is 1. The van der Waals surface area contributed by atoms with Crippen LogP contribution < -0.4 is 5.32 Å². The highest BCUT2D eigenvalue weighted by Crippen LogP contribution is 2.30. The van der Waals surface area contributed by atoms with Crippen molar-refractivity contribution in [1.29, 1.82) is 0 Å². The quantitative estimate of drug-likeness (QED) is 0.657. The summed E-state index contributed by atoms with van der Waals surface area (Å²) < 4.78 is 13.2. The molecule has 1 aromatic rings. The Morgan fingerprint density at radius 3 is 2.84 bits per heavy atom. The molecule has 104 valence electrons. The van der Waals surface area contributed by atoms with Gasteiger partial charge in [-0.1, -0.05) is 19.8 Å². The number of hydrogen-bond acceptors (Lipinski definition) is 3. The first-order chi connectivity index (χ1) is 9.06. The largest absolute Gasteiger partial charge is 0.312 e. The maximum absolute atomic E-state index is 13.2. The van der Waals surface area contributed by atoms with E-state index in [4.69, 9.17) is 0 Å². The summed E-state index contributed by atoms with van der Waals surface area (Å²) in [6.07, 6.45) is 3.79. The third-order valence-electron chi connectivity index (χ3n) is 3.93. The first-order valence-corrected chi connectivity index (χ1v) is 6.71. The molecule has 2 unspecified atom stereocenters. The number of non-ortho nitro benzene ring substituents is 1. The van der Waals surface area contributed by atoms with Gasteiger partial charge in [-0.15, -0.1) is 0 Å². The van der Waals surface area contributed by atoms with Crippen LogP contribution >= 0.6 is 0 Å². The van der Waals surface area contributed by atoms with E-state index in [-0.39, 0.29) is 5.69 Å². The molecule has 0 bridgehead atoms. The summed E-state index contributed by atoms with van der Waals surface area (Å²) in [5.74, 6) is 0.845. The molecule has 5 heteroatoms. The lowest BCUT2D eigenvalue weighted by Crippen LogP contribution is -2.24. The van der Waals surface area contributed by atoms with Gasteiger partial charge >= 0.3 is 0 Å².